The number of aliphatic hydroxyl groups excluding tert-OH is 1. The number of nitrogens with zero attached hydrogens (tertiary/aromatic N) is 3. The number of carboxylic acids is 1. The van der Waals surface area contributed by atoms with Crippen molar-refractivity contribution in [2.24, 2.45) is 0 Å². The number of carboxylic acid groups (broad SMARTS) is 1. The fourth-order valence-corrected chi connectivity index (χ4v) is 2.84. The normalized spacial score (nSPS) is 12.4. The third-order valence-electron chi connectivity index (χ3n) is 4.04. The highest BCUT2D eigenvalue weighted by atomic mass is 19.1. The number of benzene rings is 1. The molecular weight excluding hydrogens is 360 g/mol. The number of aliphatic carboxylic acids is 1. The predicted molar refractivity (Wildman–Crippen MR) is 91.1 cm³/mol. The van der Waals surface area contributed by atoms with Gasteiger partial charge in [-0.25, -0.2) is 18.3 Å². The first-order valence-corrected chi connectivity index (χ1v) is 8.09. The molecule has 140 valence electrons. The Hall–Kier alpha value is -3.36. The van der Waals surface area contributed by atoms with Crippen molar-refractivity contribution in [1.82, 2.24) is 14.6 Å². The van der Waals surface area contributed by atoms with Crippen LogP contribution in [0.5, 0.6) is 0 Å². The van der Waals surface area contributed by atoms with E-state index in [1.54, 1.807) is 0 Å². The highest BCUT2D eigenvalue weighted by Gasteiger charge is 2.13. The minimum atomic E-state index is -1.11. The van der Waals surface area contributed by atoms with Gasteiger partial charge in [-0.2, -0.15) is 5.10 Å². The molecule has 0 aliphatic carbocycles. The van der Waals surface area contributed by atoms with Gasteiger partial charge in [0, 0.05) is 24.2 Å². The molecule has 2 heterocycles. The lowest BCUT2D eigenvalue weighted by Gasteiger charge is -2.06. The van der Waals surface area contributed by atoms with Crippen molar-refractivity contribution in [3.8, 4) is 0 Å². The molecule has 27 heavy (non-hydrogen) atoms. The number of aromatic nitrogens is 3. The molecular formula is C18H15F2N3O4. The second-order valence-corrected chi connectivity index (χ2v) is 5.99. The summed E-state index contributed by atoms with van der Waals surface area (Å²) in [4.78, 5) is 27.1. The Morgan fingerprint density at radius 3 is 2.41 bits per heavy atom. The zero-order valence-electron chi connectivity index (χ0n) is 14.0. The van der Waals surface area contributed by atoms with E-state index in [-0.39, 0.29) is 42.3 Å². The molecule has 1 aromatic carbocycles. The zero-order chi connectivity index (χ0) is 19.6. The van der Waals surface area contributed by atoms with Crippen LogP contribution >= 0.6 is 0 Å². The van der Waals surface area contributed by atoms with E-state index < -0.39 is 23.0 Å². The number of pyridine rings is 1. The van der Waals surface area contributed by atoms with Gasteiger partial charge in [-0.3, -0.25) is 9.59 Å². The number of fused-ring (bicyclic) bond motifs is 1. The summed E-state index contributed by atoms with van der Waals surface area (Å²) in [6, 6.07) is 4.45. The van der Waals surface area contributed by atoms with Crippen molar-refractivity contribution in [2.45, 2.75) is 25.7 Å². The molecule has 0 aliphatic heterocycles. The number of hydrogen-bond acceptors (Lipinski definition) is 5. The first kappa shape index (κ1) is 18.4. The lowest BCUT2D eigenvalue weighted by Crippen LogP contribution is -2.31. The summed E-state index contributed by atoms with van der Waals surface area (Å²) in [7, 11) is 0. The van der Waals surface area contributed by atoms with Crippen LogP contribution in [0.3, 0.4) is 0 Å². The Kier molecular flexibility index (Phi) is 5.11. The van der Waals surface area contributed by atoms with Crippen molar-refractivity contribution < 1.29 is 23.8 Å². The Morgan fingerprint density at radius 1 is 1.04 bits per heavy atom. The molecule has 0 radical (unpaired) electrons. The predicted octanol–water partition coefficient (Wildman–Crippen LogP) is 1.40. The molecule has 7 nitrogen and oxygen atoms in total. The largest absolute Gasteiger partial charge is 0.511 e. The quantitative estimate of drug-likeness (QED) is 0.675. The van der Waals surface area contributed by atoms with E-state index in [0.29, 0.717) is 11.3 Å². The Labute approximate surface area is 151 Å². The van der Waals surface area contributed by atoms with Crippen LogP contribution in [-0.4, -0.2) is 30.8 Å². The summed E-state index contributed by atoms with van der Waals surface area (Å²) in [5, 5.41) is 22.8. The molecule has 0 saturated carbocycles. The summed E-state index contributed by atoms with van der Waals surface area (Å²) in [5.74, 6) is -2.85. The molecule has 0 spiro atoms. The van der Waals surface area contributed by atoms with Gasteiger partial charge in [0.1, 0.15) is 28.9 Å². The van der Waals surface area contributed by atoms with Crippen LogP contribution in [0.2, 0.25) is 0 Å². The molecule has 0 aliphatic rings. The van der Waals surface area contributed by atoms with Crippen LogP contribution in [-0.2, 0) is 17.6 Å². The first-order valence-electron chi connectivity index (χ1n) is 8.09. The van der Waals surface area contributed by atoms with E-state index >= 15 is 0 Å². The van der Waals surface area contributed by atoms with Crippen LogP contribution in [0.4, 0.5) is 8.78 Å². The van der Waals surface area contributed by atoms with Crippen molar-refractivity contribution in [3.05, 3.63) is 68.9 Å². The van der Waals surface area contributed by atoms with Gasteiger partial charge in [-0.1, -0.05) is 0 Å². The van der Waals surface area contributed by atoms with Gasteiger partial charge in [0.2, 0.25) is 0 Å². The molecule has 3 aromatic rings. The smallest absolute Gasteiger partial charge is 0.303 e. The topological polar surface area (TPSA) is 105 Å². The molecule has 0 fully saturated rings. The lowest BCUT2D eigenvalue weighted by molar-refractivity contribution is -0.136. The maximum Gasteiger partial charge on any atom is 0.303 e. The van der Waals surface area contributed by atoms with E-state index in [2.05, 4.69) is 10.1 Å². The van der Waals surface area contributed by atoms with Gasteiger partial charge < -0.3 is 10.2 Å². The monoisotopic (exact) mass is 375 g/mol. The molecule has 0 bridgehead atoms. The third kappa shape index (κ3) is 4.08. The van der Waals surface area contributed by atoms with Crippen LogP contribution in [0.15, 0.2) is 35.4 Å². The summed E-state index contributed by atoms with van der Waals surface area (Å²) in [6.07, 6.45) is 1.17. The van der Waals surface area contributed by atoms with Crippen LogP contribution in [0.1, 0.15) is 24.1 Å². The van der Waals surface area contributed by atoms with Crippen molar-refractivity contribution in [3.63, 3.8) is 0 Å². The SMILES string of the molecule is O=C(O)CCC(O)=c1c(=O)cc(CCc2cc(F)cc(F)c2)n2ncnc12. The van der Waals surface area contributed by atoms with Gasteiger partial charge in [0.15, 0.2) is 11.1 Å². The van der Waals surface area contributed by atoms with Crippen LogP contribution in [0, 0.1) is 11.6 Å². The number of aryl methyl sites for hydroxylation is 2. The van der Waals surface area contributed by atoms with E-state index in [1.807, 2.05) is 0 Å². The zero-order valence-corrected chi connectivity index (χ0v) is 14.0. The standard InChI is InChI=1S/C18H15F2N3O4/c19-11-5-10(6-12(20)7-11)1-2-13-8-15(25)17(14(24)3-4-16(26)27)18-21-9-22-23(13)18/h5-9,24H,1-4H2,(H,26,27). The minimum absolute atomic E-state index is 0.102. The van der Waals surface area contributed by atoms with E-state index in [4.69, 9.17) is 5.11 Å². The highest BCUT2D eigenvalue weighted by molar-refractivity contribution is 5.68. The Morgan fingerprint density at radius 2 is 1.74 bits per heavy atom. The van der Waals surface area contributed by atoms with E-state index in [0.717, 1.165) is 6.07 Å². The number of carbonyl (C=O) groups is 1. The fourth-order valence-electron chi connectivity index (χ4n) is 2.84. The molecule has 0 unspecified atom stereocenters. The van der Waals surface area contributed by atoms with Crippen molar-refractivity contribution in [1.29, 1.82) is 0 Å². The van der Waals surface area contributed by atoms with Crippen molar-refractivity contribution >= 4 is 17.4 Å². The molecule has 0 amide bonds. The van der Waals surface area contributed by atoms with Gasteiger partial charge in [0.05, 0.1) is 6.42 Å². The Balaban J connectivity index is 1.98. The maximum atomic E-state index is 13.3. The van der Waals surface area contributed by atoms with Gasteiger partial charge >= 0.3 is 5.97 Å². The number of rotatable bonds is 6. The maximum absolute atomic E-state index is 13.3. The second-order valence-electron chi connectivity index (χ2n) is 5.99. The Bertz CT molecular complexity index is 1110. The lowest BCUT2D eigenvalue weighted by atomic mass is 10.1. The third-order valence-corrected chi connectivity index (χ3v) is 4.04. The average molecular weight is 375 g/mol. The molecule has 2 aromatic heterocycles. The average Bonchev–Trinajstić information content (AvgIpc) is 3.06. The number of hydrogen-bond donors (Lipinski definition) is 2. The number of aliphatic hydroxyl groups is 1. The summed E-state index contributed by atoms with van der Waals surface area (Å²) in [6.45, 7) is 0. The second kappa shape index (κ2) is 7.48. The molecule has 0 saturated heterocycles. The minimum Gasteiger partial charge on any atom is -0.511 e. The highest BCUT2D eigenvalue weighted by Crippen LogP contribution is 2.11. The van der Waals surface area contributed by atoms with E-state index in [9.17, 15) is 23.5 Å². The van der Waals surface area contributed by atoms with Gasteiger partial charge in [-0.05, 0) is 30.5 Å². The first-order chi connectivity index (χ1) is 12.8. The summed E-state index contributed by atoms with van der Waals surface area (Å²) >= 11 is 0. The summed E-state index contributed by atoms with van der Waals surface area (Å²) in [5.41, 5.74) is 0.449. The van der Waals surface area contributed by atoms with Gasteiger partial charge in [-0.15, -0.1) is 0 Å². The van der Waals surface area contributed by atoms with E-state index in [1.165, 1.54) is 29.0 Å². The van der Waals surface area contributed by atoms with Crippen LogP contribution < -0.4 is 10.6 Å². The molecule has 3 rings (SSSR count). The van der Waals surface area contributed by atoms with Crippen molar-refractivity contribution in [2.75, 3.05) is 0 Å². The molecule has 9 heteroatoms. The van der Waals surface area contributed by atoms with Crippen LogP contribution in [0.25, 0.3) is 11.4 Å². The molecule has 2 N–H and O–H groups in total. The fraction of sp³-hybridized carbons (Fsp3) is 0.222. The number of halogens is 2. The molecule has 0 atom stereocenters. The summed E-state index contributed by atoms with van der Waals surface area (Å²) < 4.78 is 28.0. The van der Waals surface area contributed by atoms with Gasteiger partial charge in [0.25, 0.3) is 0 Å².